The van der Waals surface area contributed by atoms with E-state index in [2.05, 4.69) is 10.4 Å². The number of anilines is 1. The quantitative estimate of drug-likeness (QED) is 0.511. The Hall–Kier alpha value is -3.81. The number of rotatable bonds is 5. The summed E-state index contributed by atoms with van der Waals surface area (Å²) in [6.45, 7) is 0. The zero-order chi connectivity index (χ0) is 21.1. The Kier molecular flexibility index (Phi) is 5.14. The topological polar surface area (TPSA) is 51.9 Å². The molecule has 30 heavy (non-hydrogen) atoms. The van der Waals surface area contributed by atoms with Crippen LogP contribution < -0.4 is 5.32 Å². The van der Waals surface area contributed by atoms with Gasteiger partial charge in [0.25, 0.3) is 0 Å². The smallest absolute Gasteiger partial charge is 0.325 e. The SMILES string of the molecule is O=C(Cc1ccc(-n2cccc2)cc1)Nc1ccc(-n2cccn2)cc1C(F)(F)F. The normalized spacial score (nSPS) is 11.4. The summed E-state index contributed by atoms with van der Waals surface area (Å²) in [4.78, 5) is 12.4. The van der Waals surface area contributed by atoms with E-state index in [1.54, 1.807) is 24.4 Å². The highest BCUT2D eigenvalue weighted by molar-refractivity contribution is 5.93. The number of halogens is 3. The van der Waals surface area contributed by atoms with Gasteiger partial charge >= 0.3 is 6.18 Å². The molecule has 0 fully saturated rings. The van der Waals surface area contributed by atoms with Gasteiger partial charge in [0.1, 0.15) is 0 Å². The first-order valence-electron chi connectivity index (χ1n) is 9.13. The van der Waals surface area contributed by atoms with Crippen molar-refractivity contribution >= 4 is 11.6 Å². The van der Waals surface area contributed by atoms with E-state index in [1.807, 2.05) is 41.2 Å². The molecule has 0 saturated carbocycles. The van der Waals surface area contributed by atoms with E-state index in [4.69, 9.17) is 0 Å². The molecule has 2 aromatic carbocycles. The van der Waals surface area contributed by atoms with Crippen molar-refractivity contribution in [2.45, 2.75) is 12.6 Å². The molecule has 0 aliphatic heterocycles. The summed E-state index contributed by atoms with van der Waals surface area (Å²) in [5.74, 6) is -0.527. The van der Waals surface area contributed by atoms with Gasteiger partial charge in [-0.3, -0.25) is 4.79 Å². The number of carbonyl (C=O) groups is 1. The third-order valence-corrected chi connectivity index (χ3v) is 4.56. The molecular formula is C22H17F3N4O. The molecule has 152 valence electrons. The van der Waals surface area contributed by atoms with Gasteiger partial charge < -0.3 is 9.88 Å². The molecule has 0 unspecified atom stereocenters. The summed E-state index contributed by atoms with van der Waals surface area (Å²) < 4.78 is 43.9. The Bertz CT molecular complexity index is 1130. The second-order valence-corrected chi connectivity index (χ2v) is 6.66. The van der Waals surface area contributed by atoms with Crippen molar-refractivity contribution < 1.29 is 18.0 Å². The molecule has 8 heteroatoms. The summed E-state index contributed by atoms with van der Waals surface area (Å²) >= 11 is 0. The van der Waals surface area contributed by atoms with Crippen LogP contribution in [0.3, 0.4) is 0 Å². The van der Waals surface area contributed by atoms with Crippen molar-refractivity contribution in [1.82, 2.24) is 14.3 Å². The van der Waals surface area contributed by atoms with Gasteiger partial charge in [0.05, 0.1) is 23.4 Å². The Labute approximate surface area is 170 Å². The second-order valence-electron chi connectivity index (χ2n) is 6.66. The minimum atomic E-state index is -4.62. The van der Waals surface area contributed by atoms with Crippen LogP contribution in [0.2, 0.25) is 0 Å². The van der Waals surface area contributed by atoms with Crippen LogP contribution >= 0.6 is 0 Å². The minimum absolute atomic E-state index is 0.0375. The molecule has 0 saturated heterocycles. The molecule has 1 amide bonds. The molecule has 0 atom stereocenters. The van der Waals surface area contributed by atoms with Crippen molar-refractivity contribution in [3.63, 3.8) is 0 Å². The van der Waals surface area contributed by atoms with Crippen LogP contribution in [-0.4, -0.2) is 20.3 Å². The maximum Gasteiger partial charge on any atom is 0.418 e. The summed E-state index contributed by atoms with van der Waals surface area (Å²) in [7, 11) is 0. The van der Waals surface area contributed by atoms with E-state index in [0.717, 1.165) is 11.8 Å². The van der Waals surface area contributed by atoms with Gasteiger partial charge in [-0.2, -0.15) is 18.3 Å². The molecule has 4 rings (SSSR count). The Morgan fingerprint density at radius 2 is 1.63 bits per heavy atom. The van der Waals surface area contributed by atoms with Gasteiger partial charge in [-0.05, 0) is 54.1 Å². The number of nitrogens with zero attached hydrogens (tertiary/aromatic N) is 3. The number of carbonyl (C=O) groups excluding carboxylic acids is 1. The van der Waals surface area contributed by atoms with Crippen LogP contribution in [-0.2, 0) is 17.4 Å². The van der Waals surface area contributed by atoms with E-state index in [9.17, 15) is 18.0 Å². The molecule has 0 aliphatic carbocycles. The molecule has 0 radical (unpaired) electrons. The third-order valence-electron chi connectivity index (χ3n) is 4.56. The van der Waals surface area contributed by atoms with Crippen LogP contribution in [0.1, 0.15) is 11.1 Å². The zero-order valence-corrected chi connectivity index (χ0v) is 15.7. The van der Waals surface area contributed by atoms with Crippen molar-refractivity contribution in [2.75, 3.05) is 5.32 Å². The number of amides is 1. The predicted octanol–water partition coefficient (Wildman–Crippen LogP) is 4.86. The van der Waals surface area contributed by atoms with Crippen LogP contribution in [0, 0.1) is 0 Å². The Morgan fingerprint density at radius 1 is 0.933 bits per heavy atom. The molecule has 4 aromatic rings. The monoisotopic (exact) mass is 410 g/mol. The first-order chi connectivity index (χ1) is 14.4. The highest BCUT2D eigenvalue weighted by Gasteiger charge is 2.34. The third kappa shape index (κ3) is 4.27. The van der Waals surface area contributed by atoms with Crippen LogP contribution in [0.4, 0.5) is 18.9 Å². The van der Waals surface area contributed by atoms with Gasteiger partial charge in [0, 0.05) is 30.5 Å². The standard InChI is InChI=1S/C22H17F3N4O/c23-22(24,25)19-15-18(29-13-3-10-26-29)8-9-20(19)27-21(30)14-16-4-6-17(7-5-16)28-11-1-2-12-28/h1-13,15H,14H2,(H,27,30). The average Bonchev–Trinajstić information content (AvgIpc) is 3.42. The summed E-state index contributed by atoms with van der Waals surface area (Å²) in [5.41, 5.74) is 0.674. The lowest BCUT2D eigenvalue weighted by atomic mass is 10.1. The van der Waals surface area contributed by atoms with Gasteiger partial charge in [-0.15, -0.1) is 0 Å². The lowest BCUT2D eigenvalue weighted by Crippen LogP contribution is -2.18. The molecule has 5 nitrogen and oxygen atoms in total. The molecule has 2 aromatic heterocycles. The molecule has 2 heterocycles. The van der Waals surface area contributed by atoms with E-state index in [-0.39, 0.29) is 17.8 Å². The maximum atomic E-state index is 13.5. The number of aromatic nitrogens is 3. The molecule has 0 bridgehead atoms. The molecule has 0 aliphatic rings. The predicted molar refractivity (Wildman–Crippen MR) is 107 cm³/mol. The molecule has 1 N–H and O–H groups in total. The zero-order valence-electron chi connectivity index (χ0n) is 15.7. The summed E-state index contributed by atoms with van der Waals surface area (Å²) in [6, 6.07) is 16.4. The van der Waals surface area contributed by atoms with Gasteiger partial charge in [-0.1, -0.05) is 12.1 Å². The van der Waals surface area contributed by atoms with Crippen LogP contribution in [0.15, 0.2) is 85.5 Å². The van der Waals surface area contributed by atoms with Crippen molar-refractivity contribution in [3.05, 3.63) is 96.6 Å². The van der Waals surface area contributed by atoms with Gasteiger partial charge in [0.15, 0.2) is 0 Å². The fraction of sp³-hybridized carbons (Fsp3) is 0.0909. The fourth-order valence-electron chi connectivity index (χ4n) is 3.11. The minimum Gasteiger partial charge on any atom is -0.325 e. The summed E-state index contributed by atoms with van der Waals surface area (Å²) in [5, 5.41) is 6.33. The first kappa shape index (κ1) is 19.5. The number of hydrogen-bond acceptors (Lipinski definition) is 2. The second kappa shape index (κ2) is 7.90. The summed E-state index contributed by atoms with van der Waals surface area (Å²) in [6.07, 6.45) is 2.16. The van der Waals surface area contributed by atoms with Crippen molar-refractivity contribution in [3.8, 4) is 11.4 Å². The lowest BCUT2D eigenvalue weighted by Gasteiger charge is -2.15. The molecule has 0 spiro atoms. The van der Waals surface area contributed by atoms with Crippen molar-refractivity contribution in [1.29, 1.82) is 0 Å². The molecular weight excluding hydrogens is 393 g/mol. The van der Waals surface area contributed by atoms with Crippen molar-refractivity contribution in [2.24, 2.45) is 0 Å². The van der Waals surface area contributed by atoms with E-state index in [1.165, 1.54) is 23.0 Å². The van der Waals surface area contributed by atoms with E-state index < -0.39 is 17.6 Å². The van der Waals surface area contributed by atoms with Gasteiger partial charge in [-0.25, -0.2) is 4.68 Å². The first-order valence-corrected chi connectivity index (χ1v) is 9.13. The average molecular weight is 410 g/mol. The highest BCUT2D eigenvalue weighted by atomic mass is 19.4. The number of alkyl halides is 3. The number of hydrogen-bond donors (Lipinski definition) is 1. The Morgan fingerprint density at radius 3 is 2.27 bits per heavy atom. The maximum absolute atomic E-state index is 13.5. The fourth-order valence-corrected chi connectivity index (χ4v) is 3.11. The largest absolute Gasteiger partial charge is 0.418 e. The van der Waals surface area contributed by atoms with E-state index in [0.29, 0.717) is 5.56 Å². The Balaban J connectivity index is 1.51. The van der Waals surface area contributed by atoms with E-state index >= 15 is 0 Å². The lowest BCUT2D eigenvalue weighted by molar-refractivity contribution is -0.137. The number of benzene rings is 2. The van der Waals surface area contributed by atoms with Crippen LogP contribution in [0.5, 0.6) is 0 Å². The van der Waals surface area contributed by atoms with Crippen LogP contribution in [0.25, 0.3) is 11.4 Å². The number of nitrogens with one attached hydrogen (secondary N) is 1. The highest BCUT2D eigenvalue weighted by Crippen LogP contribution is 2.36. The van der Waals surface area contributed by atoms with Gasteiger partial charge in [0.2, 0.25) is 5.91 Å².